The molecule has 7 rings (SSSR count). The van der Waals surface area contributed by atoms with E-state index in [0.29, 0.717) is 10.6 Å². The number of hydrogen-bond acceptors (Lipinski definition) is 16. The molecular formula is C47H45Cl4NO16. The summed E-state index contributed by atoms with van der Waals surface area (Å²) in [5.74, 6) is -4.03. The predicted molar refractivity (Wildman–Crippen MR) is 241 cm³/mol. The number of methoxy groups -OCH3 is 1. The summed E-state index contributed by atoms with van der Waals surface area (Å²) in [6, 6.07) is 22.6. The number of nitrogens with zero attached hydrogens (tertiary/aromatic N) is 1. The molecule has 0 bridgehead atoms. The van der Waals surface area contributed by atoms with Crippen LogP contribution in [0.1, 0.15) is 52.6 Å². The molecule has 0 saturated carbocycles. The number of rotatable bonds is 17. The van der Waals surface area contributed by atoms with Crippen molar-refractivity contribution >= 4 is 76.1 Å². The van der Waals surface area contributed by atoms with E-state index in [2.05, 4.69) is 0 Å². The van der Waals surface area contributed by atoms with E-state index in [-0.39, 0.29) is 52.3 Å². The number of aliphatic hydroxyl groups is 1. The Hall–Kier alpha value is -5.05. The number of carbonyl (C=O) groups is 5. The summed E-state index contributed by atoms with van der Waals surface area (Å²) in [5.41, 5.74) is 0.753. The van der Waals surface area contributed by atoms with Gasteiger partial charge < -0.3 is 52.5 Å². The third-order valence-electron chi connectivity index (χ3n) is 11.0. The monoisotopic (exact) mass is 1020 g/mol. The van der Waals surface area contributed by atoms with Crippen molar-refractivity contribution < 1.29 is 76.4 Å². The molecule has 0 aromatic heterocycles. The van der Waals surface area contributed by atoms with Gasteiger partial charge in [0.05, 0.1) is 64.8 Å². The summed E-state index contributed by atoms with van der Waals surface area (Å²) in [6.07, 6.45) is -14.5. The largest absolute Gasteiger partial charge is 0.497 e. The lowest BCUT2D eigenvalue weighted by Gasteiger charge is -2.49. The summed E-state index contributed by atoms with van der Waals surface area (Å²) in [5, 5.41) is 11.5. The molecule has 0 spiro atoms. The number of ether oxygens (including phenoxy) is 10. The summed E-state index contributed by atoms with van der Waals surface area (Å²) >= 11 is 25.8. The number of aliphatic hydroxyl groups excluding tert-OH is 1. The Morgan fingerprint density at radius 3 is 1.51 bits per heavy atom. The van der Waals surface area contributed by atoms with Gasteiger partial charge in [0.2, 0.25) is 6.29 Å². The minimum absolute atomic E-state index is 0.0449. The summed E-state index contributed by atoms with van der Waals surface area (Å²) in [6.45, 7) is 2.77. The molecule has 68 heavy (non-hydrogen) atoms. The molecule has 2 fully saturated rings. The van der Waals surface area contributed by atoms with Gasteiger partial charge in [0.1, 0.15) is 42.0 Å². The van der Waals surface area contributed by atoms with Gasteiger partial charge in [-0.3, -0.25) is 28.9 Å². The minimum atomic E-state index is -1.99. The van der Waals surface area contributed by atoms with E-state index in [1.165, 1.54) is 19.2 Å². The summed E-state index contributed by atoms with van der Waals surface area (Å²) in [7, 11) is 1.47. The van der Waals surface area contributed by atoms with E-state index in [4.69, 9.17) is 93.8 Å². The molecule has 0 radical (unpaired) electrons. The van der Waals surface area contributed by atoms with Gasteiger partial charge in [0, 0.05) is 20.8 Å². The molecule has 21 heteroatoms. The van der Waals surface area contributed by atoms with E-state index < -0.39 is 102 Å². The number of benzene rings is 4. The Labute approximate surface area is 410 Å². The highest BCUT2D eigenvalue weighted by atomic mass is 35.5. The molecule has 0 unspecified atom stereocenters. The maximum absolute atomic E-state index is 14.5. The molecule has 4 aromatic rings. The number of fused-ring (bicyclic) bond motifs is 1. The van der Waals surface area contributed by atoms with Crippen LogP contribution in [0.15, 0.2) is 84.9 Å². The van der Waals surface area contributed by atoms with Crippen molar-refractivity contribution in [3.8, 4) is 11.5 Å². The highest BCUT2D eigenvalue weighted by Gasteiger charge is 2.59. The van der Waals surface area contributed by atoms with Crippen LogP contribution in [0, 0.1) is 0 Å². The maximum atomic E-state index is 14.5. The van der Waals surface area contributed by atoms with Crippen LogP contribution >= 0.6 is 46.4 Å². The third-order valence-corrected chi connectivity index (χ3v) is 12.8. The molecule has 0 aliphatic carbocycles. The van der Waals surface area contributed by atoms with Crippen molar-refractivity contribution in [3.63, 3.8) is 0 Å². The third kappa shape index (κ3) is 11.3. The Bertz CT molecular complexity index is 2420. The van der Waals surface area contributed by atoms with Gasteiger partial charge in [0.25, 0.3) is 11.8 Å². The molecule has 1 N–H and O–H groups in total. The van der Waals surface area contributed by atoms with E-state index >= 15 is 0 Å². The first kappa shape index (κ1) is 50.8. The second-order valence-corrected chi connectivity index (χ2v) is 17.2. The molecule has 3 aliphatic heterocycles. The minimum Gasteiger partial charge on any atom is -0.497 e. The van der Waals surface area contributed by atoms with Crippen molar-refractivity contribution in [3.05, 3.63) is 127 Å². The molecule has 4 aromatic carbocycles. The lowest BCUT2D eigenvalue weighted by molar-refractivity contribution is -0.349. The number of imide groups is 1. The van der Waals surface area contributed by atoms with Crippen LogP contribution in [-0.4, -0.2) is 121 Å². The van der Waals surface area contributed by atoms with Crippen molar-refractivity contribution in [2.45, 2.75) is 95.3 Å². The lowest BCUT2D eigenvalue weighted by Crippen LogP contribution is -2.69. The second kappa shape index (κ2) is 22.6. The van der Waals surface area contributed by atoms with Gasteiger partial charge in [-0.05, 0) is 35.4 Å². The standard InChI is InChI=1S/C47H45Cl4NO16/c1-23(53)62-41-31(22-61-20-27-13-9-6-10-14-27)67-47(43(64-25(3)55)42(41)63-24(2)54)68-40-30(21-60-19-26-11-7-5-8-12-26)66-46(65-29-17-15-28(59-4)16-18-29)38(39(40)56)52-44(57)32-33(45(52)58)35(49)37(51)36(50)34(32)48/h5-18,30-31,38-43,46-47,56H,19-22H2,1-4H3/t30-,31-,38-,39-,40-,41+,42+,43-,46-,47+/m1/s1. The average molecular weight is 1020 g/mol. The zero-order valence-electron chi connectivity index (χ0n) is 36.7. The Kier molecular flexibility index (Phi) is 16.9. The molecule has 10 atom stereocenters. The fraction of sp³-hybridized carbons (Fsp3) is 0.383. The molecule has 17 nitrogen and oxygen atoms in total. The van der Waals surface area contributed by atoms with Crippen LogP contribution in [0.4, 0.5) is 0 Å². The van der Waals surface area contributed by atoms with Gasteiger partial charge in [-0.15, -0.1) is 0 Å². The molecule has 362 valence electrons. The molecular weight excluding hydrogens is 976 g/mol. The van der Waals surface area contributed by atoms with Crippen molar-refractivity contribution in [1.82, 2.24) is 4.90 Å². The molecule has 2 amide bonds. The first-order valence-corrected chi connectivity index (χ1v) is 22.5. The number of hydrogen-bond donors (Lipinski definition) is 1. The van der Waals surface area contributed by atoms with Crippen molar-refractivity contribution in [2.75, 3.05) is 20.3 Å². The van der Waals surface area contributed by atoms with Crippen LogP contribution in [-0.2, 0) is 65.5 Å². The van der Waals surface area contributed by atoms with Gasteiger partial charge in [-0.2, -0.15) is 0 Å². The second-order valence-electron chi connectivity index (χ2n) is 15.7. The average Bonchev–Trinajstić information content (AvgIpc) is 3.57. The van der Waals surface area contributed by atoms with Gasteiger partial charge in [0.15, 0.2) is 24.6 Å². The Morgan fingerprint density at radius 1 is 0.588 bits per heavy atom. The van der Waals surface area contributed by atoms with E-state index in [1.54, 1.807) is 12.1 Å². The zero-order chi connectivity index (χ0) is 48.8. The van der Waals surface area contributed by atoms with E-state index in [9.17, 15) is 29.1 Å². The first-order chi connectivity index (χ1) is 32.6. The van der Waals surface area contributed by atoms with E-state index in [1.807, 2.05) is 60.7 Å². The topological polar surface area (TPSA) is 201 Å². The number of esters is 3. The van der Waals surface area contributed by atoms with Gasteiger partial charge >= 0.3 is 17.9 Å². The van der Waals surface area contributed by atoms with Gasteiger partial charge in [-0.25, -0.2) is 0 Å². The molecule has 3 aliphatic rings. The van der Waals surface area contributed by atoms with Crippen LogP contribution in [0.2, 0.25) is 20.1 Å². The normalized spacial score (nSPS) is 25.6. The summed E-state index contributed by atoms with van der Waals surface area (Å²) in [4.78, 5) is 67.9. The quantitative estimate of drug-likeness (QED) is 0.0381. The predicted octanol–water partition coefficient (Wildman–Crippen LogP) is 6.78. The number of amides is 2. The van der Waals surface area contributed by atoms with Crippen LogP contribution in [0.5, 0.6) is 11.5 Å². The number of halogens is 4. The maximum Gasteiger partial charge on any atom is 0.303 e. The van der Waals surface area contributed by atoms with E-state index in [0.717, 1.165) is 31.9 Å². The van der Waals surface area contributed by atoms with Crippen LogP contribution < -0.4 is 9.47 Å². The smallest absolute Gasteiger partial charge is 0.303 e. The lowest BCUT2D eigenvalue weighted by atomic mass is 9.94. The highest BCUT2D eigenvalue weighted by Crippen LogP contribution is 2.47. The molecule has 3 heterocycles. The number of carbonyl (C=O) groups excluding carboxylic acids is 5. The van der Waals surface area contributed by atoms with Crippen molar-refractivity contribution in [2.24, 2.45) is 0 Å². The Balaban J connectivity index is 1.31. The van der Waals surface area contributed by atoms with Crippen LogP contribution in [0.3, 0.4) is 0 Å². The highest BCUT2D eigenvalue weighted by molar-refractivity contribution is 6.55. The fourth-order valence-electron chi connectivity index (χ4n) is 7.99. The fourth-order valence-corrected chi connectivity index (χ4v) is 9.01. The Morgan fingerprint density at radius 2 is 1.03 bits per heavy atom. The van der Waals surface area contributed by atoms with Gasteiger partial charge in [-0.1, -0.05) is 107 Å². The first-order valence-electron chi connectivity index (χ1n) is 21.0. The van der Waals surface area contributed by atoms with Crippen molar-refractivity contribution in [1.29, 1.82) is 0 Å². The molecule has 2 saturated heterocycles. The zero-order valence-corrected chi connectivity index (χ0v) is 39.7. The summed E-state index contributed by atoms with van der Waals surface area (Å²) < 4.78 is 60.5. The van der Waals surface area contributed by atoms with Crippen LogP contribution in [0.25, 0.3) is 0 Å². The SMILES string of the molecule is COc1ccc(O[C@@H]2O[C@H](COCc3ccccc3)[C@@H](O[C@@H]3O[C@H](COCc4ccccc4)[C@H](OC(C)=O)[C@H](OC(C)=O)[C@H]3OC(C)=O)[C@H](O)[C@H]2N2C(=O)c3c(Cl)c(Cl)c(Cl)c(Cl)c3C2=O)cc1.